The molecule has 0 saturated carbocycles. The molecule has 0 radical (unpaired) electrons. The van der Waals surface area contributed by atoms with Crippen LogP contribution >= 0.6 is 22.9 Å². The minimum atomic E-state index is -0.531. The molecule has 1 heterocycles. The molecule has 1 aromatic heterocycles. The minimum absolute atomic E-state index is 0.523. The number of aliphatic hydroxyl groups excluding tert-OH is 1. The van der Waals surface area contributed by atoms with E-state index in [1.54, 1.807) is 30.6 Å². The summed E-state index contributed by atoms with van der Waals surface area (Å²) in [5, 5.41) is 12.6. The monoisotopic (exact) mass is 268 g/mol. The van der Waals surface area contributed by atoms with Crippen molar-refractivity contribution in [3.8, 4) is 5.75 Å². The number of aliphatic hydroxyl groups is 1. The van der Waals surface area contributed by atoms with Gasteiger partial charge >= 0.3 is 0 Å². The van der Waals surface area contributed by atoms with Crippen molar-refractivity contribution in [2.45, 2.75) is 12.5 Å². The average molecular weight is 269 g/mol. The molecular formula is C13H13ClO2S. The van der Waals surface area contributed by atoms with Gasteiger partial charge in [0, 0.05) is 11.3 Å². The summed E-state index contributed by atoms with van der Waals surface area (Å²) >= 11 is 7.66. The van der Waals surface area contributed by atoms with E-state index < -0.39 is 6.10 Å². The topological polar surface area (TPSA) is 29.5 Å². The van der Waals surface area contributed by atoms with Crippen LogP contribution in [0, 0.1) is 0 Å². The van der Waals surface area contributed by atoms with Crippen LogP contribution in [0.4, 0.5) is 0 Å². The number of ether oxygens (including phenoxy) is 1. The molecule has 0 aliphatic rings. The van der Waals surface area contributed by atoms with Gasteiger partial charge in [0.15, 0.2) is 0 Å². The zero-order valence-corrected chi connectivity index (χ0v) is 11.0. The number of halogens is 1. The fraction of sp³-hybridized carbons (Fsp3) is 0.231. The Hall–Kier alpha value is -1.03. The standard InChI is InChI=1S/C13H13ClO2S/c1-16-13-5-4-9(7-11(13)14)12(15)8-10-3-2-6-17-10/h2-7,12,15H,8H2,1H3. The van der Waals surface area contributed by atoms with Crippen molar-refractivity contribution in [3.63, 3.8) is 0 Å². The van der Waals surface area contributed by atoms with E-state index in [1.165, 1.54) is 0 Å². The SMILES string of the molecule is COc1ccc(C(O)Cc2cccs2)cc1Cl. The lowest BCUT2D eigenvalue weighted by atomic mass is 10.1. The second-order valence-electron chi connectivity index (χ2n) is 3.69. The van der Waals surface area contributed by atoms with E-state index in [9.17, 15) is 5.11 Å². The van der Waals surface area contributed by atoms with E-state index >= 15 is 0 Å². The molecule has 2 aromatic rings. The summed E-state index contributed by atoms with van der Waals surface area (Å²) in [6.45, 7) is 0. The summed E-state index contributed by atoms with van der Waals surface area (Å²) in [6, 6.07) is 9.35. The lowest BCUT2D eigenvalue weighted by Crippen LogP contribution is -2.00. The lowest BCUT2D eigenvalue weighted by molar-refractivity contribution is 0.179. The van der Waals surface area contributed by atoms with Gasteiger partial charge in [-0.2, -0.15) is 0 Å². The summed E-state index contributed by atoms with van der Waals surface area (Å²) in [4.78, 5) is 1.16. The Balaban J connectivity index is 2.14. The zero-order valence-electron chi connectivity index (χ0n) is 9.39. The number of rotatable bonds is 4. The molecule has 2 nitrogen and oxygen atoms in total. The highest BCUT2D eigenvalue weighted by Gasteiger charge is 2.11. The summed E-state index contributed by atoms with van der Waals surface area (Å²) in [6.07, 6.45) is 0.0809. The van der Waals surface area contributed by atoms with Gasteiger partial charge in [0.05, 0.1) is 18.2 Å². The Morgan fingerprint density at radius 3 is 2.82 bits per heavy atom. The smallest absolute Gasteiger partial charge is 0.137 e. The van der Waals surface area contributed by atoms with Gasteiger partial charge in [0.25, 0.3) is 0 Å². The molecule has 0 aliphatic carbocycles. The maximum Gasteiger partial charge on any atom is 0.137 e. The van der Waals surface area contributed by atoms with E-state index in [4.69, 9.17) is 16.3 Å². The molecule has 0 aliphatic heterocycles. The second kappa shape index (κ2) is 5.54. The number of benzene rings is 1. The van der Waals surface area contributed by atoms with Gasteiger partial charge in [-0.1, -0.05) is 23.7 Å². The van der Waals surface area contributed by atoms with Gasteiger partial charge in [0.2, 0.25) is 0 Å². The molecule has 2 rings (SSSR count). The number of hydrogen-bond donors (Lipinski definition) is 1. The lowest BCUT2D eigenvalue weighted by Gasteiger charge is -2.11. The van der Waals surface area contributed by atoms with Crippen molar-refractivity contribution in [2.24, 2.45) is 0 Å². The van der Waals surface area contributed by atoms with Gasteiger partial charge < -0.3 is 9.84 Å². The molecule has 0 amide bonds. The number of hydrogen-bond acceptors (Lipinski definition) is 3. The molecule has 0 spiro atoms. The predicted molar refractivity (Wildman–Crippen MR) is 71.0 cm³/mol. The molecule has 17 heavy (non-hydrogen) atoms. The van der Waals surface area contributed by atoms with Crippen LogP contribution in [0.1, 0.15) is 16.5 Å². The molecule has 1 atom stereocenters. The third-order valence-corrected chi connectivity index (χ3v) is 3.73. The summed E-state index contributed by atoms with van der Waals surface area (Å²) in [5.74, 6) is 0.624. The van der Waals surface area contributed by atoms with E-state index in [-0.39, 0.29) is 0 Å². The van der Waals surface area contributed by atoms with Gasteiger partial charge in [-0.15, -0.1) is 11.3 Å². The van der Waals surface area contributed by atoms with Crippen LogP contribution in [-0.4, -0.2) is 12.2 Å². The first-order valence-corrected chi connectivity index (χ1v) is 6.50. The first-order valence-electron chi connectivity index (χ1n) is 5.24. The Bertz CT molecular complexity index is 482. The summed E-state index contributed by atoms with van der Waals surface area (Å²) in [7, 11) is 1.57. The molecular weight excluding hydrogens is 256 g/mol. The van der Waals surface area contributed by atoms with Gasteiger partial charge in [-0.05, 0) is 29.1 Å². The molecule has 0 fully saturated rings. The Labute approximate surface area is 109 Å². The third kappa shape index (κ3) is 3.00. The van der Waals surface area contributed by atoms with Crippen molar-refractivity contribution in [1.82, 2.24) is 0 Å². The van der Waals surface area contributed by atoms with Gasteiger partial charge in [-0.25, -0.2) is 0 Å². The molecule has 4 heteroatoms. The van der Waals surface area contributed by atoms with Crippen molar-refractivity contribution in [1.29, 1.82) is 0 Å². The quantitative estimate of drug-likeness (QED) is 0.916. The number of methoxy groups -OCH3 is 1. The molecule has 1 N–H and O–H groups in total. The van der Waals surface area contributed by atoms with Crippen molar-refractivity contribution in [2.75, 3.05) is 7.11 Å². The van der Waals surface area contributed by atoms with Crippen LogP contribution in [0.25, 0.3) is 0 Å². The van der Waals surface area contributed by atoms with Crippen molar-refractivity contribution >= 4 is 22.9 Å². The maximum atomic E-state index is 10.1. The van der Waals surface area contributed by atoms with Crippen LogP contribution in [0.3, 0.4) is 0 Å². The minimum Gasteiger partial charge on any atom is -0.495 e. The normalized spacial score (nSPS) is 12.4. The third-order valence-electron chi connectivity index (χ3n) is 2.54. The van der Waals surface area contributed by atoms with E-state index in [0.717, 1.165) is 10.4 Å². The highest BCUT2D eigenvalue weighted by Crippen LogP contribution is 2.29. The zero-order chi connectivity index (χ0) is 12.3. The first-order chi connectivity index (χ1) is 8.20. The van der Waals surface area contributed by atoms with E-state index in [1.807, 2.05) is 23.6 Å². The van der Waals surface area contributed by atoms with Crippen molar-refractivity contribution in [3.05, 3.63) is 51.2 Å². The molecule has 0 saturated heterocycles. The van der Waals surface area contributed by atoms with Gasteiger partial charge in [0.1, 0.15) is 5.75 Å². The summed E-state index contributed by atoms with van der Waals surface area (Å²) < 4.78 is 5.07. The molecule has 90 valence electrons. The summed E-state index contributed by atoms with van der Waals surface area (Å²) in [5.41, 5.74) is 0.809. The highest BCUT2D eigenvalue weighted by molar-refractivity contribution is 7.09. The number of thiophene rings is 1. The van der Waals surface area contributed by atoms with Crippen molar-refractivity contribution < 1.29 is 9.84 Å². The van der Waals surface area contributed by atoms with E-state index in [2.05, 4.69) is 0 Å². The Morgan fingerprint density at radius 2 is 2.24 bits per heavy atom. The van der Waals surface area contributed by atoms with Crippen LogP contribution in [0.5, 0.6) is 5.75 Å². The molecule has 1 aromatic carbocycles. The average Bonchev–Trinajstić information content (AvgIpc) is 2.81. The Kier molecular flexibility index (Phi) is 4.05. The largest absolute Gasteiger partial charge is 0.495 e. The molecule has 0 bridgehead atoms. The fourth-order valence-corrected chi connectivity index (χ4v) is 2.64. The Morgan fingerprint density at radius 1 is 1.41 bits per heavy atom. The van der Waals surface area contributed by atoms with Crippen LogP contribution in [0.15, 0.2) is 35.7 Å². The molecule has 1 unspecified atom stereocenters. The van der Waals surface area contributed by atoms with Gasteiger partial charge in [-0.3, -0.25) is 0 Å². The van der Waals surface area contributed by atoms with Crippen LogP contribution in [-0.2, 0) is 6.42 Å². The second-order valence-corrected chi connectivity index (χ2v) is 5.13. The predicted octanol–water partition coefficient (Wildman–Crippen LogP) is 3.69. The van der Waals surface area contributed by atoms with E-state index in [0.29, 0.717) is 17.2 Å². The van der Waals surface area contributed by atoms with Crippen LogP contribution < -0.4 is 4.74 Å². The first kappa shape index (κ1) is 12.4. The highest BCUT2D eigenvalue weighted by atomic mass is 35.5. The maximum absolute atomic E-state index is 10.1. The fourth-order valence-electron chi connectivity index (χ4n) is 1.63. The van der Waals surface area contributed by atoms with Crippen LogP contribution in [0.2, 0.25) is 5.02 Å².